The lowest BCUT2D eigenvalue weighted by atomic mass is 9.89. The smallest absolute Gasteiger partial charge is 0.389 e. The number of hydrogen-bond donors (Lipinski definition) is 2. The molecule has 0 aromatic heterocycles. The molecule has 0 heterocycles. The fourth-order valence-corrected chi connectivity index (χ4v) is 1.77. The van der Waals surface area contributed by atoms with E-state index in [-0.39, 0.29) is 12.8 Å². The molecule has 1 aromatic carbocycles. The third-order valence-corrected chi connectivity index (χ3v) is 3.09. The SMILES string of the molecule is CC(C)(CC(=O)Nc1cccc(CCC(F)(F)F)c1)C(=O)O. The van der Waals surface area contributed by atoms with Gasteiger partial charge in [-0.15, -0.1) is 0 Å². The first-order chi connectivity index (χ1) is 9.99. The van der Waals surface area contributed by atoms with Gasteiger partial charge in [-0.05, 0) is 38.0 Å². The summed E-state index contributed by atoms with van der Waals surface area (Å²) in [7, 11) is 0. The number of carboxylic acids is 1. The molecule has 0 radical (unpaired) electrons. The van der Waals surface area contributed by atoms with Crippen molar-refractivity contribution in [3.63, 3.8) is 0 Å². The Kier molecular flexibility index (Phi) is 5.57. The van der Waals surface area contributed by atoms with Crippen molar-refractivity contribution in [2.24, 2.45) is 5.41 Å². The number of carbonyl (C=O) groups excluding carboxylic acids is 1. The molecule has 0 atom stereocenters. The number of anilines is 1. The molecule has 0 fully saturated rings. The number of carboxylic acid groups (broad SMARTS) is 1. The number of aliphatic carboxylic acids is 1. The summed E-state index contributed by atoms with van der Waals surface area (Å²) in [5, 5.41) is 11.5. The molecule has 1 rings (SSSR count). The Hall–Kier alpha value is -2.05. The molecular formula is C15H18F3NO3. The lowest BCUT2D eigenvalue weighted by molar-refractivity contribution is -0.149. The van der Waals surface area contributed by atoms with E-state index in [1.807, 2.05) is 0 Å². The van der Waals surface area contributed by atoms with Crippen molar-refractivity contribution in [1.82, 2.24) is 0 Å². The van der Waals surface area contributed by atoms with Crippen LogP contribution in [0.1, 0.15) is 32.3 Å². The van der Waals surface area contributed by atoms with Crippen molar-refractivity contribution in [3.05, 3.63) is 29.8 Å². The van der Waals surface area contributed by atoms with Crippen LogP contribution in [0.15, 0.2) is 24.3 Å². The molecule has 2 N–H and O–H groups in total. The maximum Gasteiger partial charge on any atom is 0.389 e. The van der Waals surface area contributed by atoms with Crippen LogP contribution in [0.3, 0.4) is 0 Å². The van der Waals surface area contributed by atoms with Crippen molar-refractivity contribution < 1.29 is 27.9 Å². The normalized spacial score (nSPS) is 12.0. The van der Waals surface area contributed by atoms with Gasteiger partial charge in [-0.2, -0.15) is 13.2 Å². The van der Waals surface area contributed by atoms with Crippen LogP contribution in [0.25, 0.3) is 0 Å². The average molecular weight is 317 g/mol. The van der Waals surface area contributed by atoms with Gasteiger partial charge in [0.25, 0.3) is 0 Å². The van der Waals surface area contributed by atoms with Gasteiger partial charge in [0, 0.05) is 18.5 Å². The molecule has 0 aliphatic carbocycles. The number of nitrogens with one attached hydrogen (secondary N) is 1. The highest BCUT2D eigenvalue weighted by Crippen LogP contribution is 2.24. The molecule has 0 aliphatic heterocycles. The van der Waals surface area contributed by atoms with E-state index in [2.05, 4.69) is 5.32 Å². The second-order valence-corrected chi connectivity index (χ2v) is 5.73. The molecule has 122 valence electrons. The van der Waals surface area contributed by atoms with E-state index in [1.54, 1.807) is 18.2 Å². The van der Waals surface area contributed by atoms with Gasteiger partial charge in [-0.25, -0.2) is 0 Å². The fraction of sp³-hybridized carbons (Fsp3) is 0.467. The Labute approximate surface area is 126 Å². The van der Waals surface area contributed by atoms with Gasteiger partial charge < -0.3 is 10.4 Å². The Balaban J connectivity index is 2.67. The lowest BCUT2D eigenvalue weighted by Crippen LogP contribution is -2.29. The molecule has 7 heteroatoms. The first-order valence-electron chi connectivity index (χ1n) is 6.68. The average Bonchev–Trinajstić information content (AvgIpc) is 2.35. The highest BCUT2D eigenvalue weighted by Gasteiger charge is 2.30. The van der Waals surface area contributed by atoms with E-state index in [9.17, 15) is 22.8 Å². The van der Waals surface area contributed by atoms with Crippen molar-refractivity contribution in [2.75, 3.05) is 5.32 Å². The number of alkyl halides is 3. The van der Waals surface area contributed by atoms with Gasteiger partial charge in [-0.1, -0.05) is 12.1 Å². The van der Waals surface area contributed by atoms with Crippen LogP contribution >= 0.6 is 0 Å². The molecule has 22 heavy (non-hydrogen) atoms. The Morgan fingerprint density at radius 1 is 1.23 bits per heavy atom. The number of benzene rings is 1. The summed E-state index contributed by atoms with van der Waals surface area (Å²) in [6, 6.07) is 6.09. The molecule has 0 bridgehead atoms. The zero-order chi connectivity index (χ0) is 17.0. The molecule has 1 amide bonds. The summed E-state index contributed by atoms with van der Waals surface area (Å²) in [5.74, 6) is -1.60. The second kappa shape index (κ2) is 6.81. The molecule has 0 spiro atoms. The van der Waals surface area contributed by atoms with Crippen LogP contribution in [0.2, 0.25) is 0 Å². The zero-order valence-corrected chi connectivity index (χ0v) is 12.3. The minimum Gasteiger partial charge on any atom is -0.481 e. The predicted octanol–water partition coefficient (Wildman–Crippen LogP) is 3.62. The summed E-state index contributed by atoms with van der Waals surface area (Å²) in [6.45, 7) is 2.85. The van der Waals surface area contributed by atoms with Crippen LogP contribution in [-0.2, 0) is 16.0 Å². The number of hydrogen-bond acceptors (Lipinski definition) is 2. The molecule has 0 unspecified atom stereocenters. The van der Waals surface area contributed by atoms with Crippen LogP contribution in [0.5, 0.6) is 0 Å². The van der Waals surface area contributed by atoms with E-state index in [4.69, 9.17) is 5.11 Å². The number of aryl methyl sites for hydroxylation is 1. The quantitative estimate of drug-likeness (QED) is 0.842. The van der Waals surface area contributed by atoms with Crippen molar-refractivity contribution in [1.29, 1.82) is 0 Å². The van der Waals surface area contributed by atoms with Crippen molar-refractivity contribution in [2.45, 2.75) is 39.3 Å². The highest BCUT2D eigenvalue weighted by atomic mass is 19.4. The molecule has 4 nitrogen and oxygen atoms in total. The third kappa shape index (κ3) is 6.15. The third-order valence-electron chi connectivity index (χ3n) is 3.09. The van der Waals surface area contributed by atoms with E-state index >= 15 is 0 Å². The van der Waals surface area contributed by atoms with E-state index in [0.29, 0.717) is 11.3 Å². The first-order valence-corrected chi connectivity index (χ1v) is 6.68. The minimum atomic E-state index is -4.23. The molecule has 0 saturated carbocycles. The maximum absolute atomic E-state index is 12.2. The van der Waals surface area contributed by atoms with Gasteiger partial charge in [0.05, 0.1) is 5.41 Å². The second-order valence-electron chi connectivity index (χ2n) is 5.73. The van der Waals surface area contributed by atoms with Crippen LogP contribution in [0.4, 0.5) is 18.9 Å². The van der Waals surface area contributed by atoms with Gasteiger partial charge >= 0.3 is 12.1 Å². The van der Waals surface area contributed by atoms with E-state index < -0.39 is 29.9 Å². The fourth-order valence-electron chi connectivity index (χ4n) is 1.77. The van der Waals surface area contributed by atoms with Crippen LogP contribution in [-0.4, -0.2) is 23.2 Å². The maximum atomic E-state index is 12.2. The summed E-state index contributed by atoms with van der Waals surface area (Å²) in [5.41, 5.74) is -0.406. The van der Waals surface area contributed by atoms with Gasteiger partial charge in [0.15, 0.2) is 0 Å². The molecule has 0 aliphatic rings. The Morgan fingerprint density at radius 2 is 1.86 bits per heavy atom. The van der Waals surface area contributed by atoms with Gasteiger partial charge in [0.1, 0.15) is 0 Å². The standard InChI is InChI=1S/C15H18F3NO3/c1-14(2,13(21)22)9-12(20)19-11-5-3-4-10(8-11)6-7-15(16,17)18/h3-5,8H,6-7,9H2,1-2H3,(H,19,20)(H,21,22). The van der Waals surface area contributed by atoms with Crippen molar-refractivity contribution >= 4 is 17.6 Å². The monoisotopic (exact) mass is 317 g/mol. The number of amides is 1. The predicted molar refractivity (Wildman–Crippen MR) is 75.5 cm³/mol. The van der Waals surface area contributed by atoms with Crippen molar-refractivity contribution in [3.8, 4) is 0 Å². The minimum absolute atomic E-state index is 0.173. The first kappa shape index (κ1) is 18.0. The summed E-state index contributed by atoms with van der Waals surface area (Å²) in [6.07, 6.45) is -5.57. The Bertz CT molecular complexity index is 553. The van der Waals surface area contributed by atoms with Gasteiger partial charge in [0.2, 0.25) is 5.91 Å². The largest absolute Gasteiger partial charge is 0.481 e. The van der Waals surface area contributed by atoms with Crippen LogP contribution < -0.4 is 5.32 Å². The molecule has 1 aromatic rings. The number of carbonyl (C=O) groups is 2. The summed E-state index contributed by atoms with van der Waals surface area (Å²) < 4.78 is 36.6. The topological polar surface area (TPSA) is 66.4 Å². The van der Waals surface area contributed by atoms with E-state index in [1.165, 1.54) is 19.9 Å². The number of halogens is 3. The summed E-state index contributed by atoms with van der Waals surface area (Å²) >= 11 is 0. The highest BCUT2D eigenvalue weighted by molar-refractivity contribution is 5.94. The van der Waals surface area contributed by atoms with Crippen LogP contribution in [0, 0.1) is 5.41 Å². The zero-order valence-electron chi connectivity index (χ0n) is 12.3. The summed E-state index contributed by atoms with van der Waals surface area (Å²) in [4.78, 5) is 22.8. The van der Waals surface area contributed by atoms with Gasteiger partial charge in [-0.3, -0.25) is 9.59 Å². The van der Waals surface area contributed by atoms with E-state index in [0.717, 1.165) is 0 Å². The molecular weight excluding hydrogens is 299 g/mol. The molecule has 0 saturated heterocycles. The lowest BCUT2D eigenvalue weighted by Gasteiger charge is -2.18. The number of rotatable bonds is 6. The Morgan fingerprint density at radius 3 is 2.41 bits per heavy atom.